The van der Waals surface area contributed by atoms with E-state index < -0.39 is 0 Å². The van der Waals surface area contributed by atoms with E-state index in [0.717, 1.165) is 10.5 Å². The van der Waals surface area contributed by atoms with Gasteiger partial charge < -0.3 is 24.8 Å². The van der Waals surface area contributed by atoms with Gasteiger partial charge in [0.1, 0.15) is 5.75 Å². The number of methoxy groups -OCH3 is 3. The Morgan fingerprint density at radius 2 is 1.64 bits per heavy atom. The van der Waals surface area contributed by atoms with E-state index in [1.165, 1.54) is 33.1 Å². The molecule has 0 aliphatic heterocycles. The van der Waals surface area contributed by atoms with Gasteiger partial charge in [0, 0.05) is 27.2 Å². The van der Waals surface area contributed by atoms with E-state index >= 15 is 0 Å². The largest absolute Gasteiger partial charge is 0.495 e. The average Bonchev–Trinajstić information content (AvgIpc) is 2.88. The quantitative estimate of drug-likeness (QED) is 0.295. The highest BCUT2D eigenvalue weighted by atomic mass is 35.5. The van der Waals surface area contributed by atoms with Crippen LogP contribution in [0.1, 0.15) is 29.3 Å². The molecule has 36 heavy (non-hydrogen) atoms. The number of amides is 2. The monoisotopic (exact) mass is 528 g/mol. The summed E-state index contributed by atoms with van der Waals surface area (Å²) >= 11 is 7.60. The van der Waals surface area contributed by atoms with Crippen molar-refractivity contribution in [2.24, 2.45) is 0 Å². The molecule has 2 N–H and O–H groups in total. The molecule has 190 valence electrons. The Morgan fingerprint density at radius 1 is 0.917 bits per heavy atom. The van der Waals surface area contributed by atoms with Crippen LogP contribution in [0.3, 0.4) is 0 Å². The lowest BCUT2D eigenvalue weighted by atomic mass is 10.2. The molecule has 0 bridgehead atoms. The molecule has 0 aliphatic carbocycles. The number of benzene rings is 3. The predicted octanol–water partition coefficient (Wildman–Crippen LogP) is 6.44. The second-order valence-electron chi connectivity index (χ2n) is 7.86. The second-order valence-corrected chi connectivity index (χ2v) is 9.54. The SMILES string of the molecule is CCC(Sc1cccc(NC(=O)c2ccc(OC)c(OC)c2)c1)C(=O)Nc1cc(C)c(Cl)cc1OC. The molecule has 0 saturated heterocycles. The Labute approximate surface area is 220 Å². The molecule has 2 amide bonds. The maximum Gasteiger partial charge on any atom is 0.255 e. The summed E-state index contributed by atoms with van der Waals surface area (Å²) in [5, 5.41) is 6.06. The Balaban J connectivity index is 1.71. The molecule has 0 saturated carbocycles. The zero-order chi connectivity index (χ0) is 26.2. The zero-order valence-corrected chi connectivity index (χ0v) is 22.4. The van der Waals surface area contributed by atoms with E-state index in [2.05, 4.69) is 10.6 Å². The summed E-state index contributed by atoms with van der Waals surface area (Å²) in [5.74, 6) is 1.08. The van der Waals surface area contributed by atoms with Crippen LogP contribution in [0.25, 0.3) is 0 Å². The number of carbonyl (C=O) groups excluding carboxylic acids is 2. The zero-order valence-electron chi connectivity index (χ0n) is 20.8. The molecule has 1 unspecified atom stereocenters. The molecule has 9 heteroatoms. The van der Waals surface area contributed by atoms with E-state index in [0.29, 0.717) is 45.6 Å². The van der Waals surface area contributed by atoms with Crippen molar-refractivity contribution >= 4 is 46.6 Å². The first-order valence-corrected chi connectivity index (χ1v) is 12.5. The normalized spacial score (nSPS) is 11.4. The first-order valence-electron chi connectivity index (χ1n) is 11.2. The van der Waals surface area contributed by atoms with Gasteiger partial charge in [-0.3, -0.25) is 9.59 Å². The fourth-order valence-electron chi connectivity index (χ4n) is 3.46. The maximum absolute atomic E-state index is 13.1. The van der Waals surface area contributed by atoms with Gasteiger partial charge in [-0.25, -0.2) is 0 Å². The van der Waals surface area contributed by atoms with Gasteiger partial charge in [-0.05, 0) is 61.4 Å². The van der Waals surface area contributed by atoms with Crippen molar-refractivity contribution in [1.82, 2.24) is 0 Å². The maximum atomic E-state index is 13.1. The van der Waals surface area contributed by atoms with Crippen molar-refractivity contribution in [2.75, 3.05) is 32.0 Å². The highest BCUT2D eigenvalue weighted by molar-refractivity contribution is 8.00. The number of thioether (sulfide) groups is 1. The van der Waals surface area contributed by atoms with Crippen LogP contribution in [0.4, 0.5) is 11.4 Å². The molecule has 0 radical (unpaired) electrons. The molecule has 3 rings (SSSR count). The summed E-state index contributed by atoms with van der Waals surface area (Å²) in [5.41, 5.74) is 2.46. The number of rotatable bonds is 10. The second kappa shape index (κ2) is 12.6. The third-order valence-corrected chi connectivity index (χ3v) is 7.18. The van der Waals surface area contributed by atoms with Crippen LogP contribution in [0.15, 0.2) is 59.5 Å². The molecular formula is C27H29ClN2O5S. The van der Waals surface area contributed by atoms with Gasteiger partial charge in [0.05, 0.1) is 32.3 Å². The number of nitrogens with one attached hydrogen (secondary N) is 2. The lowest BCUT2D eigenvalue weighted by Gasteiger charge is -2.17. The van der Waals surface area contributed by atoms with Crippen molar-refractivity contribution < 1.29 is 23.8 Å². The van der Waals surface area contributed by atoms with Crippen LogP contribution < -0.4 is 24.8 Å². The summed E-state index contributed by atoms with van der Waals surface area (Å²) in [6.07, 6.45) is 0.605. The lowest BCUT2D eigenvalue weighted by molar-refractivity contribution is -0.115. The Hall–Kier alpha value is -3.36. The van der Waals surface area contributed by atoms with Crippen LogP contribution >= 0.6 is 23.4 Å². The Morgan fingerprint density at radius 3 is 2.31 bits per heavy atom. The van der Waals surface area contributed by atoms with Crippen LogP contribution in [-0.4, -0.2) is 38.4 Å². The Kier molecular flexibility index (Phi) is 9.50. The van der Waals surface area contributed by atoms with Gasteiger partial charge >= 0.3 is 0 Å². The van der Waals surface area contributed by atoms with Crippen molar-refractivity contribution in [3.8, 4) is 17.2 Å². The highest BCUT2D eigenvalue weighted by Gasteiger charge is 2.20. The molecule has 0 aromatic heterocycles. The van der Waals surface area contributed by atoms with E-state index in [1.54, 1.807) is 36.4 Å². The van der Waals surface area contributed by atoms with Crippen LogP contribution in [0, 0.1) is 6.92 Å². The molecule has 3 aromatic carbocycles. The third-order valence-electron chi connectivity index (χ3n) is 5.42. The van der Waals surface area contributed by atoms with Crippen molar-refractivity contribution in [3.05, 3.63) is 70.7 Å². The van der Waals surface area contributed by atoms with Crippen molar-refractivity contribution in [1.29, 1.82) is 0 Å². The van der Waals surface area contributed by atoms with Gasteiger partial charge in [0.15, 0.2) is 11.5 Å². The number of hydrogen-bond acceptors (Lipinski definition) is 6. The van der Waals surface area contributed by atoms with Crippen LogP contribution in [0.2, 0.25) is 5.02 Å². The highest BCUT2D eigenvalue weighted by Crippen LogP contribution is 2.33. The summed E-state index contributed by atoms with van der Waals surface area (Å²) < 4.78 is 15.9. The summed E-state index contributed by atoms with van der Waals surface area (Å²) in [6.45, 7) is 3.82. The fraction of sp³-hybridized carbons (Fsp3) is 0.259. The molecule has 0 aliphatic rings. The van der Waals surface area contributed by atoms with Gasteiger partial charge in [-0.15, -0.1) is 11.8 Å². The molecule has 0 heterocycles. The van der Waals surface area contributed by atoms with Gasteiger partial charge in [0.25, 0.3) is 5.91 Å². The molecule has 1 atom stereocenters. The summed E-state index contributed by atoms with van der Waals surface area (Å²) in [7, 11) is 4.59. The standard InChI is InChI=1S/C27H29ClN2O5S/c1-6-25(27(32)30-21-12-16(2)20(28)15-23(21)34-4)36-19-9-7-8-18(14-19)29-26(31)17-10-11-22(33-3)24(13-17)35-5/h7-15,25H,6H2,1-5H3,(H,29,31)(H,30,32). The molecule has 7 nitrogen and oxygen atoms in total. The first kappa shape index (κ1) is 27.2. The minimum absolute atomic E-state index is 0.151. The molecule has 3 aromatic rings. The molecule has 0 spiro atoms. The minimum Gasteiger partial charge on any atom is -0.495 e. The van der Waals surface area contributed by atoms with Gasteiger partial charge in [0.2, 0.25) is 5.91 Å². The van der Waals surface area contributed by atoms with Crippen LogP contribution in [0.5, 0.6) is 17.2 Å². The molecule has 0 fully saturated rings. The molecular weight excluding hydrogens is 500 g/mol. The van der Waals surface area contributed by atoms with Gasteiger partial charge in [-0.2, -0.15) is 0 Å². The van der Waals surface area contributed by atoms with E-state index in [4.69, 9.17) is 25.8 Å². The number of carbonyl (C=O) groups is 2. The predicted molar refractivity (Wildman–Crippen MR) is 145 cm³/mol. The smallest absolute Gasteiger partial charge is 0.255 e. The van der Waals surface area contributed by atoms with Crippen molar-refractivity contribution in [3.63, 3.8) is 0 Å². The average molecular weight is 529 g/mol. The minimum atomic E-state index is -0.359. The Bertz CT molecular complexity index is 1250. The fourth-order valence-corrected chi connectivity index (χ4v) is 4.62. The number of halogens is 1. The first-order chi connectivity index (χ1) is 17.3. The van der Waals surface area contributed by atoms with E-state index in [-0.39, 0.29) is 17.1 Å². The number of anilines is 2. The summed E-state index contributed by atoms with van der Waals surface area (Å²) in [4.78, 5) is 26.7. The van der Waals surface area contributed by atoms with Crippen LogP contribution in [-0.2, 0) is 4.79 Å². The van der Waals surface area contributed by atoms with E-state index in [9.17, 15) is 9.59 Å². The third kappa shape index (κ3) is 6.65. The van der Waals surface area contributed by atoms with Crippen molar-refractivity contribution in [2.45, 2.75) is 30.4 Å². The number of aryl methyl sites for hydroxylation is 1. The lowest BCUT2D eigenvalue weighted by Crippen LogP contribution is -2.24. The van der Waals surface area contributed by atoms with E-state index in [1.807, 2.05) is 32.0 Å². The number of hydrogen-bond donors (Lipinski definition) is 2. The topological polar surface area (TPSA) is 85.9 Å². The van der Waals surface area contributed by atoms with Gasteiger partial charge in [-0.1, -0.05) is 24.6 Å². The number of ether oxygens (including phenoxy) is 3. The summed E-state index contributed by atoms with van der Waals surface area (Å²) in [6, 6.07) is 15.8.